The molecule has 0 radical (unpaired) electrons. The zero-order chi connectivity index (χ0) is 20.3. The summed E-state index contributed by atoms with van der Waals surface area (Å²) in [4.78, 5) is 37.2. The summed E-state index contributed by atoms with van der Waals surface area (Å²) in [6, 6.07) is 3.99. The summed E-state index contributed by atoms with van der Waals surface area (Å²) >= 11 is 1.64. The van der Waals surface area contributed by atoms with Crippen LogP contribution in [0, 0.1) is 23.2 Å². The van der Waals surface area contributed by atoms with Gasteiger partial charge in [-0.05, 0) is 79.6 Å². The van der Waals surface area contributed by atoms with Crippen molar-refractivity contribution < 1.29 is 19.1 Å². The van der Waals surface area contributed by atoms with E-state index in [4.69, 9.17) is 4.74 Å². The maximum absolute atomic E-state index is 12.4. The molecule has 0 unspecified atom stereocenters. The van der Waals surface area contributed by atoms with E-state index in [1.165, 1.54) is 43.4 Å². The number of carbonyl (C=O) groups excluding carboxylic acids is 3. The molecule has 29 heavy (non-hydrogen) atoms. The first-order valence-electron chi connectivity index (χ1n) is 10.7. The maximum atomic E-state index is 12.4. The molecule has 0 atom stereocenters. The van der Waals surface area contributed by atoms with E-state index in [0.29, 0.717) is 13.0 Å². The van der Waals surface area contributed by atoms with Crippen LogP contribution < -0.4 is 10.6 Å². The van der Waals surface area contributed by atoms with E-state index in [0.717, 1.165) is 24.2 Å². The summed E-state index contributed by atoms with van der Waals surface area (Å²) in [5.74, 6) is 1.45. The summed E-state index contributed by atoms with van der Waals surface area (Å²) in [6.45, 7) is 0.0283. The second-order valence-electron chi connectivity index (χ2n) is 9.21. The number of amides is 2. The summed E-state index contributed by atoms with van der Waals surface area (Å²) in [5, 5.41) is 7.43. The molecule has 0 saturated heterocycles. The third kappa shape index (κ3) is 5.38. The number of hydrogen-bond acceptors (Lipinski definition) is 5. The molecule has 0 spiro atoms. The Balaban J connectivity index is 1.11. The van der Waals surface area contributed by atoms with Gasteiger partial charge >= 0.3 is 5.97 Å². The van der Waals surface area contributed by atoms with E-state index in [2.05, 4.69) is 10.6 Å². The van der Waals surface area contributed by atoms with Gasteiger partial charge in [0.25, 0.3) is 5.91 Å². The Morgan fingerprint density at radius 2 is 1.72 bits per heavy atom. The molecule has 1 aromatic heterocycles. The first kappa shape index (κ1) is 20.4. The van der Waals surface area contributed by atoms with Crippen LogP contribution in [0.2, 0.25) is 0 Å². The van der Waals surface area contributed by atoms with Gasteiger partial charge in [-0.25, -0.2) is 0 Å². The van der Waals surface area contributed by atoms with Crippen LogP contribution in [0.4, 0.5) is 0 Å². The number of esters is 1. The third-order valence-corrected chi connectivity index (χ3v) is 7.70. The Morgan fingerprint density at radius 3 is 2.34 bits per heavy atom. The lowest BCUT2D eigenvalue weighted by Crippen LogP contribution is -2.48. The molecule has 4 bridgehead atoms. The van der Waals surface area contributed by atoms with Crippen LogP contribution in [-0.2, 0) is 25.5 Å². The maximum Gasteiger partial charge on any atom is 0.325 e. The number of nitrogens with one attached hydrogen (secondary N) is 2. The minimum atomic E-state index is -0.572. The van der Waals surface area contributed by atoms with Gasteiger partial charge in [0.1, 0.15) is 6.54 Å². The molecule has 7 heteroatoms. The zero-order valence-electron chi connectivity index (χ0n) is 16.8. The fourth-order valence-electron chi connectivity index (χ4n) is 6.11. The average Bonchev–Trinajstić information content (AvgIpc) is 3.16. The predicted octanol–water partition coefficient (Wildman–Crippen LogP) is 2.67. The van der Waals surface area contributed by atoms with Gasteiger partial charge in [-0.1, -0.05) is 6.07 Å². The van der Waals surface area contributed by atoms with Crippen molar-refractivity contribution in [3.63, 3.8) is 0 Å². The lowest BCUT2D eigenvalue weighted by atomic mass is 9.49. The fraction of sp³-hybridized carbons (Fsp3) is 0.682. The van der Waals surface area contributed by atoms with Gasteiger partial charge in [-0.3, -0.25) is 14.4 Å². The van der Waals surface area contributed by atoms with E-state index >= 15 is 0 Å². The third-order valence-electron chi connectivity index (χ3n) is 6.77. The van der Waals surface area contributed by atoms with Gasteiger partial charge in [0.05, 0.1) is 0 Å². The molecule has 158 valence electrons. The first-order valence-corrected chi connectivity index (χ1v) is 11.6. The monoisotopic (exact) mass is 418 g/mol. The normalized spacial score (nSPS) is 29.4. The van der Waals surface area contributed by atoms with Gasteiger partial charge < -0.3 is 15.4 Å². The zero-order valence-corrected chi connectivity index (χ0v) is 17.6. The molecular weight excluding hydrogens is 388 g/mol. The van der Waals surface area contributed by atoms with Gasteiger partial charge in [0.2, 0.25) is 5.91 Å². The summed E-state index contributed by atoms with van der Waals surface area (Å²) in [6.07, 6.45) is 8.84. The SMILES string of the molecule is O=C(COC(=O)CNC(=O)CC12CC3CC(CC(C3)C1)C2)NCCc1cccs1. The molecule has 4 saturated carbocycles. The minimum absolute atomic E-state index is 0.0655. The van der Waals surface area contributed by atoms with Crippen molar-refractivity contribution in [2.75, 3.05) is 19.7 Å². The van der Waals surface area contributed by atoms with Crippen molar-refractivity contribution in [3.05, 3.63) is 22.4 Å². The molecular formula is C22H30N2O4S. The van der Waals surface area contributed by atoms with E-state index < -0.39 is 5.97 Å². The molecule has 4 aliphatic carbocycles. The number of hydrogen-bond donors (Lipinski definition) is 2. The second kappa shape index (κ2) is 8.86. The Morgan fingerprint density at radius 1 is 1.03 bits per heavy atom. The topological polar surface area (TPSA) is 84.5 Å². The van der Waals surface area contributed by atoms with Gasteiger partial charge in [0, 0.05) is 17.8 Å². The van der Waals surface area contributed by atoms with Crippen molar-refractivity contribution in [2.45, 2.75) is 51.4 Å². The van der Waals surface area contributed by atoms with Crippen LogP contribution in [0.25, 0.3) is 0 Å². The first-order chi connectivity index (χ1) is 14.0. The quantitative estimate of drug-likeness (QED) is 0.604. The van der Waals surface area contributed by atoms with Crippen LogP contribution in [0.15, 0.2) is 17.5 Å². The molecule has 4 aliphatic rings. The molecule has 0 aliphatic heterocycles. The highest BCUT2D eigenvalue weighted by atomic mass is 32.1. The molecule has 5 rings (SSSR count). The standard InChI is InChI=1S/C22H30N2O4S/c25-19(12-22-9-15-6-16(10-22)8-17(7-15)11-22)24-13-21(27)28-14-20(26)23-4-3-18-2-1-5-29-18/h1-2,5,15-17H,3-4,6-14H2,(H,23,26)(H,24,25). The molecule has 1 heterocycles. The average molecular weight is 419 g/mol. The summed E-state index contributed by atoms with van der Waals surface area (Å²) in [7, 11) is 0. The highest BCUT2D eigenvalue weighted by Crippen LogP contribution is 2.61. The van der Waals surface area contributed by atoms with E-state index in [-0.39, 0.29) is 30.4 Å². The Hall–Kier alpha value is -1.89. The molecule has 2 N–H and O–H groups in total. The largest absolute Gasteiger partial charge is 0.454 e. The highest BCUT2D eigenvalue weighted by Gasteiger charge is 2.51. The van der Waals surface area contributed by atoms with E-state index in [9.17, 15) is 14.4 Å². The van der Waals surface area contributed by atoms with Gasteiger partial charge in [0.15, 0.2) is 6.61 Å². The lowest BCUT2D eigenvalue weighted by Gasteiger charge is -2.56. The number of rotatable bonds is 9. The van der Waals surface area contributed by atoms with Crippen molar-refractivity contribution in [2.24, 2.45) is 23.2 Å². The van der Waals surface area contributed by atoms with Crippen LogP contribution in [0.5, 0.6) is 0 Å². The second-order valence-corrected chi connectivity index (χ2v) is 10.2. The van der Waals surface area contributed by atoms with Crippen LogP contribution in [0.3, 0.4) is 0 Å². The molecule has 4 fully saturated rings. The van der Waals surface area contributed by atoms with Crippen LogP contribution >= 0.6 is 11.3 Å². The van der Waals surface area contributed by atoms with Crippen molar-refractivity contribution in [1.29, 1.82) is 0 Å². The number of carbonyl (C=O) groups is 3. The fourth-order valence-corrected chi connectivity index (χ4v) is 6.82. The predicted molar refractivity (Wildman–Crippen MR) is 110 cm³/mol. The van der Waals surface area contributed by atoms with Gasteiger partial charge in [-0.2, -0.15) is 0 Å². The van der Waals surface area contributed by atoms with Crippen molar-refractivity contribution >= 4 is 29.1 Å². The van der Waals surface area contributed by atoms with Gasteiger partial charge in [-0.15, -0.1) is 11.3 Å². The molecule has 2 amide bonds. The number of ether oxygens (including phenoxy) is 1. The van der Waals surface area contributed by atoms with Crippen LogP contribution in [0.1, 0.15) is 49.8 Å². The highest BCUT2D eigenvalue weighted by molar-refractivity contribution is 7.09. The Kier molecular flexibility index (Phi) is 6.23. The minimum Gasteiger partial charge on any atom is -0.454 e. The number of thiophene rings is 1. The smallest absolute Gasteiger partial charge is 0.325 e. The van der Waals surface area contributed by atoms with Crippen molar-refractivity contribution in [1.82, 2.24) is 10.6 Å². The Labute approximate surface area is 175 Å². The molecule has 0 aromatic carbocycles. The van der Waals surface area contributed by atoms with E-state index in [1.54, 1.807) is 11.3 Å². The summed E-state index contributed by atoms with van der Waals surface area (Å²) < 4.78 is 4.97. The summed E-state index contributed by atoms with van der Waals surface area (Å²) in [5.41, 5.74) is 0.158. The van der Waals surface area contributed by atoms with Crippen LogP contribution in [-0.4, -0.2) is 37.5 Å². The Bertz CT molecular complexity index is 711. The molecule has 1 aromatic rings. The molecule has 6 nitrogen and oxygen atoms in total. The van der Waals surface area contributed by atoms with Crippen molar-refractivity contribution in [3.8, 4) is 0 Å². The lowest BCUT2D eigenvalue weighted by molar-refractivity contribution is -0.148. The van der Waals surface area contributed by atoms with E-state index in [1.807, 2.05) is 17.5 Å².